The fraction of sp³-hybridized carbons (Fsp3) is 0.280. The van der Waals surface area contributed by atoms with E-state index in [0.717, 1.165) is 13.8 Å². The second-order valence-electron chi connectivity index (χ2n) is 15.8. The van der Waals surface area contributed by atoms with Gasteiger partial charge in [0.25, 0.3) is 23.6 Å². The fourth-order valence-corrected chi connectivity index (χ4v) is 7.74. The van der Waals surface area contributed by atoms with E-state index < -0.39 is 63.4 Å². The van der Waals surface area contributed by atoms with Crippen molar-refractivity contribution in [2.45, 2.75) is 76.7 Å². The van der Waals surface area contributed by atoms with Crippen LogP contribution in [0.15, 0.2) is 111 Å². The summed E-state index contributed by atoms with van der Waals surface area (Å²) in [5.41, 5.74) is 3.36. The van der Waals surface area contributed by atoms with Crippen molar-refractivity contribution < 1.29 is 38.2 Å². The Labute approximate surface area is 435 Å². The summed E-state index contributed by atoms with van der Waals surface area (Å²) in [6, 6.07) is 19.6. The van der Waals surface area contributed by atoms with Gasteiger partial charge in [-0.05, 0) is 145 Å². The van der Waals surface area contributed by atoms with Gasteiger partial charge in [-0.15, -0.1) is 34.8 Å². The first-order valence-corrected chi connectivity index (χ1v) is 24.0. The number of rotatable bonds is 21. The highest BCUT2D eigenvalue weighted by molar-refractivity contribution is 6.32. The van der Waals surface area contributed by atoms with Gasteiger partial charge in [0.15, 0.2) is 11.6 Å². The van der Waals surface area contributed by atoms with Crippen molar-refractivity contribution in [2.24, 2.45) is 20.5 Å². The van der Waals surface area contributed by atoms with Crippen LogP contribution in [0.1, 0.15) is 102 Å². The number of Topliss-reactive ketones (excluding diaryl/α,β-unsaturated/α-hetero) is 2. The molecule has 0 saturated carbocycles. The molecule has 5 unspecified atom stereocenters. The van der Waals surface area contributed by atoms with Crippen LogP contribution in [0.3, 0.4) is 0 Å². The van der Waals surface area contributed by atoms with Gasteiger partial charge < -0.3 is 30.7 Å². The number of carbonyl (C=O) groups is 6. The third-order valence-electron chi connectivity index (χ3n) is 10.1. The molecular weight excluding hydrogens is 1020 g/mol. The van der Waals surface area contributed by atoms with Gasteiger partial charge in [-0.3, -0.25) is 28.8 Å². The zero-order valence-electron chi connectivity index (χ0n) is 39.4. The molecule has 0 bridgehead atoms. The first kappa shape index (κ1) is 55.5. The lowest BCUT2D eigenvalue weighted by molar-refractivity contribution is -0.127. The Hall–Kier alpha value is -6.43. The molecule has 4 amide bonds. The van der Waals surface area contributed by atoms with Crippen molar-refractivity contribution in [1.29, 1.82) is 0 Å². The van der Waals surface area contributed by atoms with Crippen molar-refractivity contribution in [3.05, 3.63) is 129 Å². The number of ether oxygens (including phenoxy) is 2. The summed E-state index contributed by atoms with van der Waals surface area (Å²) in [6.45, 7) is 12.1. The average molecular weight is 1070 g/mol. The molecule has 5 aromatic rings. The third-order valence-corrected chi connectivity index (χ3v) is 11.3. The number of amides is 4. The number of ketones is 2. The van der Waals surface area contributed by atoms with Crippen LogP contribution in [0.5, 0.6) is 11.5 Å². The van der Waals surface area contributed by atoms with E-state index in [1.807, 2.05) is 13.8 Å². The summed E-state index contributed by atoms with van der Waals surface area (Å²) >= 11 is 31.9. The monoisotopic (exact) mass is 1060 g/mol. The van der Waals surface area contributed by atoms with Gasteiger partial charge in [-0.25, -0.2) is 0 Å². The van der Waals surface area contributed by atoms with Crippen molar-refractivity contribution >= 4 is 127 Å². The summed E-state index contributed by atoms with van der Waals surface area (Å²) in [5.74, 6) is -2.89. The number of hydrogen-bond acceptors (Lipinski definition) is 12. The smallest absolute Gasteiger partial charge is 0.258 e. The van der Waals surface area contributed by atoms with Crippen LogP contribution >= 0.6 is 58.0 Å². The maximum Gasteiger partial charge on any atom is 0.258 e. The number of alkyl halides is 3. The number of halogens is 5. The van der Waals surface area contributed by atoms with Crippen molar-refractivity contribution in [3.8, 4) is 11.5 Å². The standard InChI is InChI=1S/C50H49Cl5N8O8/c1-8-70-43-14-11-35(23-40(43)26(4)52)56-47(66)30-16-32(54)20-37(18-30)60-62-45(28(6)64)49(68)58-34-10-13-42(39(22-34)25(3)51)59-50(69)46(29(7)65)63-61-38-19-31(17-33(55)21-38)48(67)57-36-12-15-44(71-9-2)41(24-36)27(5)53/h10-27,45-46H,8-9H2,1-7H3,(H,56,66)(H,57,67)(H,58,68)(H,59,69). The molecular formula is C50H49Cl5N8O8. The molecule has 0 radical (unpaired) electrons. The Kier molecular flexibility index (Phi) is 20.0. The van der Waals surface area contributed by atoms with Crippen LogP contribution in [0.4, 0.5) is 34.1 Å². The summed E-state index contributed by atoms with van der Waals surface area (Å²) in [5, 5.41) is 25.7. The van der Waals surface area contributed by atoms with Crippen LogP contribution in [0, 0.1) is 0 Å². The van der Waals surface area contributed by atoms with E-state index >= 15 is 0 Å². The lowest BCUT2D eigenvalue weighted by Crippen LogP contribution is -2.32. The van der Waals surface area contributed by atoms with Gasteiger partial charge in [0.05, 0.1) is 40.7 Å². The zero-order valence-corrected chi connectivity index (χ0v) is 43.2. The first-order chi connectivity index (χ1) is 33.7. The van der Waals surface area contributed by atoms with Gasteiger partial charge in [-0.2, -0.15) is 20.5 Å². The lowest BCUT2D eigenvalue weighted by Gasteiger charge is -2.17. The van der Waals surface area contributed by atoms with E-state index in [4.69, 9.17) is 67.5 Å². The Bertz CT molecular complexity index is 2890. The zero-order chi connectivity index (χ0) is 52.1. The summed E-state index contributed by atoms with van der Waals surface area (Å²) in [7, 11) is 0. The Morgan fingerprint density at radius 1 is 0.507 bits per heavy atom. The summed E-state index contributed by atoms with van der Waals surface area (Å²) in [4.78, 5) is 79.1. The van der Waals surface area contributed by atoms with Crippen LogP contribution in [0.25, 0.3) is 0 Å². The van der Waals surface area contributed by atoms with Crippen LogP contribution in [0.2, 0.25) is 10.0 Å². The molecule has 4 N–H and O–H groups in total. The highest BCUT2D eigenvalue weighted by Crippen LogP contribution is 2.35. The number of nitrogens with one attached hydrogen (secondary N) is 4. The molecule has 0 saturated heterocycles. The van der Waals surface area contributed by atoms with Crippen molar-refractivity contribution in [1.82, 2.24) is 0 Å². The van der Waals surface area contributed by atoms with Crippen LogP contribution in [-0.2, 0) is 19.2 Å². The second-order valence-corrected chi connectivity index (χ2v) is 18.6. The van der Waals surface area contributed by atoms with E-state index in [0.29, 0.717) is 52.8 Å². The Morgan fingerprint density at radius 2 is 0.887 bits per heavy atom. The molecule has 16 nitrogen and oxygen atoms in total. The topological polar surface area (TPSA) is 218 Å². The molecule has 5 aromatic carbocycles. The van der Waals surface area contributed by atoms with Crippen molar-refractivity contribution in [2.75, 3.05) is 34.5 Å². The Morgan fingerprint density at radius 3 is 1.28 bits per heavy atom. The van der Waals surface area contributed by atoms with Crippen molar-refractivity contribution in [3.63, 3.8) is 0 Å². The number of anilines is 4. The molecule has 21 heteroatoms. The molecule has 372 valence electrons. The van der Waals surface area contributed by atoms with Gasteiger partial charge in [0, 0.05) is 55.0 Å². The van der Waals surface area contributed by atoms with Gasteiger partial charge in [-0.1, -0.05) is 23.2 Å². The third kappa shape index (κ3) is 15.5. The SMILES string of the molecule is CCOc1ccc(NC(=O)c2cc(Cl)cc(N=NC(C(C)=O)C(=O)Nc3ccc(NC(=O)C(N=Nc4cc(Cl)cc(C(=O)Nc5ccc(OCC)c(C(C)Cl)c5)c4)C(C)=O)c(C(C)Cl)c3)c2)cc1C(C)Cl. The molecule has 0 aromatic heterocycles. The van der Waals surface area contributed by atoms with E-state index in [9.17, 15) is 28.8 Å². The van der Waals surface area contributed by atoms with Crippen LogP contribution < -0.4 is 30.7 Å². The maximum absolute atomic E-state index is 13.6. The van der Waals surface area contributed by atoms with E-state index in [1.165, 1.54) is 54.6 Å². The lowest BCUT2D eigenvalue weighted by atomic mass is 10.1. The number of carbonyl (C=O) groups excluding carboxylic acids is 6. The number of azo groups is 2. The fourth-order valence-electron chi connectivity index (χ4n) is 6.76. The minimum atomic E-state index is -1.64. The molecule has 71 heavy (non-hydrogen) atoms. The number of benzene rings is 5. The molecule has 0 heterocycles. The number of hydrogen-bond donors (Lipinski definition) is 4. The molecule has 0 fully saturated rings. The highest BCUT2D eigenvalue weighted by Gasteiger charge is 2.27. The van der Waals surface area contributed by atoms with E-state index in [2.05, 4.69) is 41.7 Å². The maximum atomic E-state index is 13.6. The molecule has 0 spiro atoms. The summed E-state index contributed by atoms with van der Waals surface area (Å²) in [6.07, 6.45) is 0. The normalized spacial score (nSPS) is 13.4. The molecule has 5 atom stereocenters. The molecule has 0 aliphatic carbocycles. The molecule has 0 aliphatic rings. The van der Waals surface area contributed by atoms with Gasteiger partial charge in [0.2, 0.25) is 12.1 Å². The Balaban J connectivity index is 1.27. The summed E-state index contributed by atoms with van der Waals surface area (Å²) < 4.78 is 11.3. The van der Waals surface area contributed by atoms with Crippen LogP contribution in [-0.4, -0.2) is 60.5 Å². The first-order valence-electron chi connectivity index (χ1n) is 22.0. The highest BCUT2D eigenvalue weighted by atomic mass is 35.5. The molecule has 0 aliphatic heterocycles. The van der Waals surface area contributed by atoms with Gasteiger partial charge in [0.1, 0.15) is 11.5 Å². The average Bonchev–Trinajstić information content (AvgIpc) is 3.30. The second kappa shape index (κ2) is 25.6. The minimum Gasteiger partial charge on any atom is -0.494 e. The molecule has 5 rings (SSSR count). The van der Waals surface area contributed by atoms with E-state index in [-0.39, 0.29) is 43.9 Å². The number of nitrogens with zero attached hydrogens (tertiary/aromatic N) is 4. The predicted molar refractivity (Wildman–Crippen MR) is 279 cm³/mol. The quantitative estimate of drug-likeness (QED) is 0.0314. The minimum absolute atomic E-state index is 0.0827. The van der Waals surface area contributed by atoms with Gasteiger partial charge >= 0.3 is 0 Å². The van der Waals surface area contributed by atoms with E-state index in [1.54, 1.807) is 57.2 Å². The predicted octanol–water partition coefficient (Wildman–Crippen LogP) is 13.6. The largest absolute Gasteiger partial charge is 0.494 e.